The molecule has 0 radical (unpaired) electrons. The third-order valence-corrected chi connectivity index (χ3v) is 3.42. The van der Waals surface area contributed by atoms with Crippen LogP contribution in [-0.4, -0.2) is 30.6 Å². The van der Waals surface area contributed by atoms with E-state index in [1.165, 1.54) is 44.3 Å². The molecule has 0 heterocycles. The normalized spacial score (nSPS) is 10.8. The zero-order chi connectivity index (χ0) is 11.2. The van der Waals surface area contributed by atoms with E-state index in [4.69, 9.17) is 16.3 Å². The summed E-state index contributed by atoms with van der Waals surface area (Å²) in [6.45, 7) is 3.81. The van der Waals surface area contributed by atoms with Crippen molar-refractivity contribution in [3.63, 3.8) is 0 Å². The van der Waals surface area contributed by atoms with Gasteiger partial charge in [-0.25, -0.2) is 0 Å². The van der Waals surface area contributed by atoms with Crippen LogP contribution in [0.3, 0.4) is 0 Å². The smallest absolute Gasteiger partial charge is 0.0602 e. The van der Waals surface area contributed by atoms with Crippen LogP contribution < -0.4 is 0 Å². The zero-order valence-corrected chi connectivity index (χ0v) is 11.5. The van der Waals surface area contributed by atoms with Crippen LogP contribution in [0.5, 0.6) is 0 Å². The molecule has 0 aromatic heterocycles. The average Bonchev–Trinajstić information content (AvgIpc) is 2.26. The van der Waals surface area contributed by atoms with Crippen molar-refractivity contribution in [1.82, 2.24) is 0 Å². The lowest BCUT2D eigenvalue weighted by molar-refractivity contribution is 0.166. The Hall–Kier alpha value is 0.600. The van der Waals surface area contributed by atoms with Crippen LogP contribution in [-0.2, 0) is 4.74 Å². The summed E-state index contributed by atoms with van der Waals surface area (Å²) < 4.78 is 5.29. The van der Waals surface area contributed by atoms with Crippen LogP contribution >= 0.6 is 23.4 Å². The Kier molecular flexibility index (Phi) is 15.2. The summed E-state index contributed by atoms with van der Waals surface area (Å²) in [5.41, 5.74) is 0. The van der Waals surface area contributed by atoms with Crippen LogP contribution in [0.4, 0.5) is 0 Å². The van der Waals surface area contributed by atoms with Gasteiger partial charge in [0, 0.05) is 11.6 Å². The molecule has 0 atom stereocenters. The van der Waals surface area contributed by atoms with Crippen LogP contribution in [0.25, 0.3) is 0 Å². The molecule has 0 aliphatic heterocycles. The largest absolute Gasteiger partial charge is 0.379 e. The van der Waals surface area contributed by atoms with Gasteiger partial charge < -0.3 is 4.74 Å². The van der Waals surface area contributed by atoms with E-state index in [2.05, 4.69) is 6.92 Å². The van der Waals surface area contributed by atoms with Gasteiger partial charge in [0.25, 0.3) is 0 Å². The third kappa shape index (κ3) is 14.6. The molecule has 0 aromatic carbocycles. The van der Waals surface area contributed by atoms with Crippen molar-refractivity contribution in [2.24, 2.45) is 0 Å². The average molecular weight is 253 g/mol. The Morgan fingerprint density at radius 1 is 0.933 bits per heavy atom. The Labute approximate surface area is 104 Å². The van der Waals surface area contributed by atoms with Crippen LogP contribution in [0, 0.1) is 0 Å². The number of alkyl halides is 1. The minimum absolute atomic E-state index is 0.613. The molecule has 0 amide bonds. The molecule has 92 valence electrons. The fraction of sp³-hybridized carbons (Fsp3) is 1.00. The van der Waals surface area contributed by atoms with E-state index < -0.39 is 0 Å². The summed E-state index contributed by atoms with van der Waals surface area (Å²) in [4.78, 5) is 0. The molecule has 1 nitrogen and oxygen atoms in total. The molecule has 0 rings (SSSR count). The van der Waals surface area contributed by atoms with Gasteiger partial charge in [-0.2, -0.15) is 11.8 Å². The molecular formula is C12H25ClOS. The molecule has 0 aliphatic rings. The van der Waals surface area contributed by atoms with Gasteiger partial charge in [0.2, 0.25) is 0 Å². The zero-order valence-electron chi connectivity index (χ0n) is 9.97. The van der Waals surface area contributed by atoms with E-state index in [0.29, 0.717) is 12.5 Å². The van der Waals surface area contributed by atoms with Crippen LogP contribution in [0.2, 0.25) is 0 Å². The first-order valence-electron chi connectivity index (χ1n) is 6.13. The van der Waals surface area contributed by atoms with E-state index in [0.717, 1.165) is 12.4 Å². The quantitative estimate of drug-likeness (QED) is 0.378. The van der Waals surface area contributed by atoms with Crippen molar-refractivity contribution in [3.8, 4) is 0 Å². The number of unbranched alkanes of at least 4 members (excludes halogenated alkanes) is 5. The molecule has 0 saturated heterocycles. The first-order chi connectivity index (χ1) is 7.41. The maximum atomic E-state index is 5.49. The molecule has 3 heteroatoms. The van der Waals surface area contributed by atoms with Gasteiger partial charge in [-0.05, 0) is 12.2 Å². The molecule has 0 spiro atoms. The molecule has 0 fully saturated rings. The highest BCUT2D eigenvalue weighted by molar-refractivity contribution is 7.99. The summed E-state index contributed by atoms with van der Waals surface area (Å²) >= 11 is 7.49. The predicted molar refractivity (Wildman–Crippen MR) is 72.2 cm³/mol. The molecule has 0 bridgehead atoms. The minimum atomic E-state index is 0.613. The SMILES string of the molecule is CCCCCCCCSCCOCCCl. The maximum absolute atomic E-state index is 5.49. The Morgan fingerprint density at radius 2 is 1.67 bits per heavy atom. The summed E-state index contributed by atoms with van der Waals surface area (Å²) in [5.74, 6) is 3.02. The second-order valence-corrected chi connectivity index (χ2v) is 5.28. The predicted octanol–water partition coefficient (Wildman–Crippen LogP) is 4.34. The molecule has 0 aliphatic carbocycles. The van der Waals surface area contributed by atoms with Crippen molar-refractivity contribution in [2.45, 2.75) is 45.4 Å². The Balaban J connectivity index is 2.81. The van der Waals surface area contributed by atoms with Gasteiger partial charge in [0.05, 0.1) is 13.2 Å². The van der Waals surface area contributed by atoms with Crippen molar-refractivity contribution in [2.75, 3.05) is 30.6 Å². The van der Waals surface area contributed by atoms with Gasteiger partial charge in [-0.15, -0.1) is 11.6 Å². The van der Waals surface area contributed by atoms with E-state index in [-0.39, 0.29) is 0 Å². The van der Waals surface area contributed by atoms with Gasteiger partial charge >= 0.3 is 0 Å². The number of hydrogen-bond acceptors (Lipinski definition) is 2. The molecule has 15 heavy (non-hydrogen) atoms. The lowest BCUT2D eigenvalue weighted by Gasteiger charge is -2.02. The second-order valence-electron chi connectivity index (χ2n) is 3.68. The van der Waals surface area contributed by atoms with Gasteiger partial charge in [-0.3, -0.25) is 0 Å². The molecular weight excluding hydrogens is 228 g/mol. The number of hydrogen-bond donors (Lipinski definition) is 0. The lowest BCUT2D eigenvalue weighted by atomic mass is 10.1. The summed E-state index contributed by atoms with van der Waals surface area (Å²) in [7, 11) is 0. The molecule has 0 saturated carbocycles. The lowest BCUT2D eigenvalue weighted by Crippen LogP contribution is -2.00. The van der Waals surface area contributed by atoms with Crippen LogP contribution in [0.1, 0.15) is 45.4 Å². The first-order valence-corrected chi connectivity index (χ1v) is 7.82. The summed E-state index contributed by atoms with van der Waals surface area (Å²) in [5, 5.41) is 0. The standard InChI is InChI=1S/C12H25ClOS/c1-2-3-4-5-6-7-11-15-12-10-14-9-8-13/h2-12H2,1H3. The van der Waals surface area contributed by atoms with Crippen LogP contribution in [0.15, 0.2) is 0 Å². The summed E-state index contributed by atoms with van der Waals surface area (Å²) in [6.07, 6.45) is 8.34. The van der Waals surface area contributed by atoms with Crippen molar-refractivity contribution >= 4 is 23.4 Å². The van der Waals surface area contributed by atoms with Crippen molar-refractivity contribution < 1.29 is 4.74 Å². The fourth-order valence-corrected chi connectivity index (χ4v) is 2.32. The first kappa shape index (κ1) is 15.6. The van der Waals surface area contributed by atoms with Gasteiger partial charge in [0.15, 0.2) is 0 Å². The van der Waals surface area contributed by atoms with E-state index in [9.17, 15) is 0 Å². The van der Waals surface area contributed by atoms with E-state index in [1.807, 2.05) is 11.8 Å². The Bertz CT molecular complexity index is 99.8. The highest BCUT2D eigenvalue weighted by Gasteiger charge is 1.92. The van der Waals surface area contributed by atoms with Gasteiger partial charge in [-0.1, -0.05) is 39.0 Å². The third-order valence-electron chi connectivity index (χ3n) is 2.24. The van der Waals surface area contributed by atoms with Crippen molar-refractivity contribution in [1.29, 1.82) is 0 Å². The topological polar surface area (TPSA) is 9.23 Å². The number of ether oxygens (including phenoxy) is 1. The summed E-state index contributed by atoms with van der Waals surface area (Å²) in [6, 6.07) is 0. The molecule has 0 aromatic rings. The van der Waals surface area contributed by atoms with E-state index in [1.54, 1.807) is 0 Å². The Morgan fingerprint density at radius 3 is 2.40 bits per heavy atom. The maximum Gasteiger partial charge on any atom is 0.0602 e. The van der Waals surface area contributed by atoms with E-state index >= 15 is 0 Å². The number of halogens is 1. The van der Waals surface area contributed by atoms with Gasteiger partial charge in [0.1, 0.15) is 0 Å². The van der Waals surface area contributed by atoms with Crippen molar-refractivity contribution in [3.05, 3.63) is 0 Å². The minimum Gasteiger partial charge on any atom is -0.379 e. The molecule has 0 unspecified atom stereocenters. The highest BCUT2D eigenvalue weighted by Crippen LogP contribution is 2.09. The highest BCUT2D eigenvalue weighted by atomic mass is 35.5. The number of thioether (sulfide) groups is 1. The fourth-order valence-electron chi connectivity index (χ4n) is 1.36. The number of rotatable bonds is 12. The molecule has 0 N–H and O–H groups in total. The monoisotopic (exact) mass is 252 g/mol. The second kappa shape index (κ2) is 14.6.